The maximum absolute atomic E-state index is 5.92. The van der Waals surface area contributed by atoms with E-state index in [1.165, 1.54) is 6.20 Å². The summed E-state index contributed by atoms with van der Waals surface area (Å²) in [5.41, 5.74) is 3.29. The summed E-state index contributed by atoms with van der Waals surface area (Å²) in [6.07, 6.45) is 1.48. The maximum Gasteiger partial charge on any atom is 0.239 e. The summed E-state index contributed by atoms with van der Waals surface area (Å²) in [5.74, 6) is 6.04. The van der Waals surface area contributed by atoms with E-state index in [4.69, 9.17) is 17.4 Å². The summed E-state index contributed by atoms with van der Waals surface area (Å²) in [6, 6.07) is 1.93. The number of nitrogens with zero attached hydrogens (tertiary/aromatic N) is 2. The zero-order valence-corrected chi connectivity index (χ0v) is 9.14. The Balaban J connectivity index is 2.27. The number of anilines is 3. The molecule has 7 heteroatoms. The molecule has 0 aliphatic rings. The first-order valence-electron chi connectivity index (χ1n) is 4.08. The average molecular weight is 242 g/mol. The molecule has 15 heavy (non-hydrogen) atoms. The van der Waals surface area contributed by atoms with E-state index in [0.717, 1.165) is 5.69 Å². The third kappa shape index (κ3) is 2.35. The molecule has 4 N–H and O–H groups in total. The summed E-state index contributed by atoms with van der Waals surface area (Å²) in [5, 5.41) is 7.41. The number of aromatic nitrogens is 2. The van der Waals surface area contributed by atoms with Gasteiger partial charge in [0.2, 0.25) is 5.95 Å². The Kier molecular flexibility index (Phi) is 3.00. The molecule has 2 rings (SSSR count). The van der Waals surface area contributed by atoms with Gasteiger partial charge in [-0.2, -0.15) is 16.3 Å². The predicted octanol–water partition coefficient (Wildman–Crippen LogP) is 2.22. The summed E-state index contributed by atoms with van der Waals surface area (Å²) in [6.45, 7) is 0. The fourth-order valence-corrected chi connectivity index (χ4v) is 1.72. The average Bonchev–Trinajstić information content (AvgIpc) is 2.74. The minimum absolute atomic E-state index is 0.317. The third-order valence-electron chi connectivity index (χ3n) is 1.66. The van der Waals surface area contributed by atoms with Gasteiger partial charge in [-0.3, -0.25) is 5.43 Å². The highest BCUT2D eigenvalue weighted by atomic mass is 35.5. The Bertz CT molecular complexity index is 444. The van der Waals surface area contributed by atoms with Gasteiger partial charge in [-0.05, 0) is 11.4 Å². The molecule has 2 heterocycles. The molecule has 0 aromatic carbocycles. The lowest BCUT2D eigenvalue weighted by molar-refractivity contribution is 1.12. The first kappa shape index (κ1) is 10.2. The highest BCUT2D eigenvalue weighted by Crippen LogP contribution is 2.24. The second-order valence-electron chi connectivity index (χ2n) is 2.67. The third-order valence-corrected chi connectivity index (χ3v) is 2.62. The molecule has 0 atom stereocenters. The van der Waals surface area contributed by atoms with Crippen molar-refractivity contribution in [2.45, 2.75) is 0 Å². The van der Waals surface area contributed by atoms with Gasteiger partial charge in [0, 0.05) is 5.38 Å². The zero-order chi connectivity index (χ0) is 10.7. The number of halogens is 1. The Morgan fingerprint density at radius 2 is 2.33 bits per heavy atom. The van der Waals surface area contributed by atoms with Crippen LogP contribution in [0.25, 0.3) is 0 Å². The van der Waals surface area contributed by atoms with Crippen LogP contribution in [0.4, 0.5) is 17.5 Å². The minimum atomic E-state index is 0.317. The Morgan fingerprint density at radius 1 is 1.47 bits per heavy atom. The van der Waals surface area contributed by atoms with Crippen molar-refractivity contribution in [3.05, 3.63) is 28.0 Å². The zero-order valence-electron chi connectivity index (χ0n) is 7.57. The van der Waals surface area contributed by atoms with Gasteiger partial charge in [-0.1, -0.05) is 11.6 Å². The first-order valence-corrected chi connectivity index (χ1v) is 5.40. The molecule has 0 saturated heterocycles. The van der Waals surface area contributed by atoms with E-state index in [-0.39, 0.29) is 0 Å². The topological polar surface area (TPSA) is 75.9 Å². The Hall–Kier alpha value is -1.37. The molecule has 78 valence electrons. The summed E-state index contributed by atoms with van der Waals surface area (Å²) < 4.78 is 0. The standard InChI is InChI=1S/C8H8ClN5S/c9-6-3-11-8(14-10)13-7(6)12-5-1-2-15-4-5/h1-4H,10H2,(H2,11,12,13,14). The van der Waals surface area contributed by atoms with Crippen molar-refractivity contribution < 1.29 is 0 Å². The summed E-state index contributed by atoms with van der Waals surface area (Å²) in [4.78, 5) is 7.95. The smallest absolute Gasteiger partial charge is 0.239 e. The van der Waals surface area contributed by atoms with Crippen molar-refractivity contribution in [3.63, 3.8) is 0 Å². The van der Waals surface area contributed by atoms with Crippen molar-refractivity contribution in [1.29, 1.82) is 0 Å². The van der Waals surface area contributed by atoms with Gasteiger partial charge in [0.1, 0.15) is 5.02 Å². The van der Waals surface area contributed by atoms with Crippen LogP contribution in [0.3, 0.4) is 0 Å². The van der Waals surface area contributed by atoms with Crippen LogP contribution < -0.4 is 16.6 Å². The van der Waals surface area contributed by atoms with Gasteiger partial charge in [-0.25, -0.2) is 10.8 Å². The van der Waals surface area contributed by atoms with E-state index >= 15 is 0 Å². The van der Waals surface area contributed by atoms with E-state index in [1.807, 2.05) is 16.8 Å². The van der Waals surface area contributed by atoms with Crippen molar-refractivity contribution in [3.8, 4) is 0 Å². The van der Waals surface area contributed by atoms with Crippen LogP contribution in [0.15, 0.2) is 23.0 Å². The fraction of sp³-hybridized carbons (Fsp3) is 0. The van der Waals surface area contributed by atoms with Gasteiger partial charge in [-0.15, -0.1) is 0 Å². The Labute approximate surface area is 95.3 Å². The maximum atomic E-state index is 5.92. The van der Waals surface area contributed by atoms with Crippen LogP contribution in [0.2, 0.25) is 5.02 Å². The Morgan fingerprint density at radius 3 is 3.00 bits per heavy atom. The number of hydrazine groups is 1. The number of hydrogen-bond donors (Lipinski definition) is 3. The number of nitrogen functional groups attached to an aromatic ring is 1. The van der Waals surface area contributed by atoms with Gasteiger partial charge >= 0.3 is 0 Å². The number of nitrogens with one attached hydrogen (secondary N) is 2. The minimum Gasteiger partial charge on any atom is -0.338 e. The fourth-order valence-electron chi connectivity index (χ4n) is 0.997. The highest BCUT2D eigenvalue weighted by molar-refractivity contribution is 7.08. The molecular formula is C8H8ClN5S. The van der Waals surface area contributed by atoms with Crippen LogP contribution >= 0.6 is 22.9 Å². The van der Waals surface area contributed by atoms with Crippen molar-refractivity contribution >= 4 is 40.4 Å². The highest BCUT2D eigenvalue weighted by Gasteiger charge is 2.04. The van der Waals surface area contributed by atoms with Crippen LogP contribution in [0.1, 0.15) is 0 Å². The summed E-state index contributed by atoms with van der Waals surface area (Å²) >= 11 is 7.50. The normalized spacial score (nSPS) is 10.0. The van der Waals surface area contributed by atoms with Gasteiger partial charge in [0.15, 0.2) is 5.82 Å². The lowest BCUT2D eigenvalue weighted by atomic mass is 10.5. The second-order valence-corrected chi connectivity index (χ2v) is 3.86. The lowest BCUT2D eigenvalue weighted by Gasteiger charge is -2.06. The molecule has 0 aliphatic heterocycles. The van der Waals surface area contributed by atoms with Crippen LogP contribution in [-0.2, 0) is 0 Å². The molecule has 0 aliphatic carbocycles. The van der Waals surface area contributed by atoms with E-state index < -0.39 is 0 Å². The van der Waals surface area contributed by atoms with Gasteiger partial charge in [0.25, 0.3) is 0 Å². The van der Waals surface area contributed by atoms with Crippen molar-refractivity contribution in [2.75, 3.05) is 10.7 Å². The molecule has 5 nitrogen and oxygen atoms in total. The first-order chi connectivity index (χ1) is 7.29. The SMILES string of the molecule is NNc1ncc(Cl)c(Nc2ccsc2)n1. The van der Waals surface area contributed by atoms with Crippen molar-refractivity contribution in [2.24, 2.45) is 5.84 Å². The molecule has 2 aromatic rings. The molecule has 2 aromatic heterocycles. The molecule has 0 fully saturated rings. The molecule has 0 spiro atoms. The quantitative estimate of drug-likeness (QED) is 0.568. The molecular weight excluding hydrogens is 234 g/mol. The monoisotopic (exact) mass is 241 g/mol. The number of nitrogens with two attached hydrogens (primary N) is 1. The number of rotatable bonds is 3. The molecule has 0 amide bonds. The largest absolute Gasteiger partial charge is 0.338 e. The van der Waals surface area contributed by atoms with Crippen LogP contribution in [-0.4, -0.2) is 9.97 Å². The van der Waals surface area contributed by atoms with E-state index in [9.17, 15) is 0 Å². The van der Waals surface area contributed by atoms with Gasteiger partial charge in [0.05, 0.1) is 11.9 Å². The molecule has 0 bridgehead atoms. The molecule has 0 radical (unpaired) electrons. The number of hydrogen-bond acceptors (Lipinski definition) is 6. The van der Waals surface area contributed by atoms with Crippen molar-refractivity contribution in [1.82, 2.24) is 9.97 Å². The summed E-state index contributed by atoms with van der Waals surface area (Å²) in [7, 11) is 0. The number of thiophene rings is 1. The van der Waals surface area contributed by atoms with Crippen LogP contribution in [0, 0.1) is 0 Å². The van der Waals surface area contributed by atoms with Gasteiger partial charge < -0.3 is 5.32 Å². The lowest BCUT2D eigenvalue weighted by Crippen LogP contribution is -2.11. The molecule has 0 unspecified atom stereocenters. The van der Waals surface area contributed by atoms with Crippen LogP contribution in [0.5, 0.6) is 0 Å². The second kappa shape index (κ2) is 4.43. The van der Waals surface area contributed by atoms with E-state index in [2.05, 4.69) is 20.7 Å². The molecule has 0 saturated carbocycles. The van der Waals surface area contributed by atoms with E-state index in [0.29, 0.717) is 16.8 Å². The van der Waals surface area contributed by atoms with E-state index in [1.54, 1.807) is 11.3 Å². The predicted molar refractivity (Wildman–Crippen MR) is 62.5 cm³/mol.